The molecule has 4 nitrogen and oxygen atoms in total. The molecule has 4 rings (SSSR count). The average Bonchev–Trinajstić information content (AvgIpc) is 3.38. The molecule has 3 aromatic rings. The number of halogens is 2. The first-order chi connectivity index (χ1) is 14.0. The fourth-order valence-corrected chi connectivity index (χ4v) is 3.97. The van der Waals surface area contributed by atoms with Crippen LogP contribution in [0, 0.1) is 11.7 Å². The van der Waals surface area contributed by atoms with Crippen molar-refractivity contribution in [3.05, 3.63) is 76.1 Å². The summed E-state index contributed by atoms with van der Waals surface area (Å²) in [6.07, 6.45) is 2.61. The summed E-state index contributed by atoms with van der Waals surface area (Å²) in [5.74, 6) is 0.437. The molecule has 1 aliphatic rings. The first-order valence-electron chi connectivity index (χ1n) is 9.82. The van der Waals surface area contributed by atoms with Gasteiger partial charge in [0.05, 0.1) is 5.69 Å². The van der Waals surface area contributed by atoms with Crippen LogP contribution < -0.4 is 0 Å². The molecule has 1 saturated carbocycles. The number of benzene rings is 2. The quantitative estimate of drug-likeness (QED) is 0.533. The zero-order chi connectivity index (χ0) is 20.4. The zero-order valence-corrected chi connectivity index (χ0v) is 17.8. The van der Waals surface area contributed by atoms with E-state index in [1.54, 1.807) is 12.1 Å². The number of H-pyrrole nitrogens is 1. The van der Waals surface area contributed by atoms with Crippen LogP contribution in [0.2, 0.25) is 0 Å². The smallest absolute Gasteiger partial charge is 0.226 e. The van der Waals surface area contributed by atoms with E-state index >= 15 is 0 Å². The Kier molecular flexibility index (Phi) is 5.81. The Morgan fingerprint density at radius 3 is 2.66 bits per heavy atom. The Hall–Kier alpha value is -2.47. The Morgan fingerprint density at radius 1 is 1.21 bits per heavy atom. The van der Waals surface area contributed by atoms with Gasteiger partial charge in [0.25, 0.3) is 0 Å². The highest BCUT2D eigenvalue weighted by Crippen LogP contribution is 2.48. The minimum atomic E-state index is -0.254. The summed E-state index contributed by atoms with van der Waals surface area (Å²) in [6, 6.07) is 16.6. The van der Waals surface area contributed by atoms with E-state index in [-0.39, 0.29) is 17.6 Å². The summed E-state index contributed by atoms with van der Waals surface area (Å²) in [7, 11) is 1.89. The number of rotatable bonds is 7. The van der Waals surface area contributed by atoms with E-state index in [0.29, 0.717) is 12.5 Å². The third kappa shape index (κ3) is 4.75. The van der Waals surface area contributed by atoms with Gasteiger partial charge in [-0.25, -0.2) is 4.39 Å². The largest absolute Gasteiger partial charge is 0.345 e. The molecule has 2 aromatic carbocycles. The average molecular weight is 456 g/mol. The topological polar surface area (TPSA) is 49.0 Å². The number of aryl methyl sites for hydroxylation is 1. The molecule has 1 fully saturated rings. The molecule has 6 heteroatoms. The van der Waals surface area contributed by atoms with Crippen LogP contribution in [0.1, 0.15) is 30.0 Å². The molecule has 0 radical (unpaired) electrons. The Labute approximate surface area is 178 Å². The molecule has 0 saturated heterocycles. The molecule has 150 valence electrons. The molecular formula is C23H23BrFN3O. The summed E-state index contributed by atoms with van der Waals surface area (Å²) in [5, 5.41) is 7.34. The first kappa shape index (κ1) is 19.8. The van der Waals surface area contributed by atoms with Gasteiger partial charge in [-0.1, -0.05) is 28.1 Å². The predicted octanol–water partition coefficient (Wildman–Crippen LogP) is 5.17. The van der Waals surface area contributed by atoms with Crippen LogP contribution in [0.3, 0.4) is 0 Å². The van der Waals surface area contributed by atoms with Crippen molar-refractivity contribution in [2.75, 3.05) is 13.6 Å². The number of aromatic nitrogens is 2. The first-order valence-corrected chi connectivity index (χ1v) is 10.6. The monoisotopic (exact) mass is 455 g/mol. The van der Waals surface area contributed by atoms with Crippen LogP contribution in [0.5, 0.6) is 0 Å². The molecule has 0 aliphatic heterocycles. The molecule has 2 atom stereocenters. The van der Waals surface area contributed by atoms with Crippen molar-refractivity contribution in [3.8, 4) is 11.3 Å². The number of hydrogen-bond donors (Lipinski definition) is 1. The number of amides is 1. The zero-order valence-electron chi connectivity index (χ0n) is 16.2. The Balaban J connectivity index is 1.25. The molecule has 29 heavy (non-hydrogen) atoms. The van der Waals surface area contributed by atoms with E-state index in [1.165, 1.54) is 17.7 Å². The van der Waals surface area contributed by atoms with E-state index in [9.17, 15) is 9.18 Å². The summed E-state index contributed by atoms with van der Waals surface area (Å²) in [6.45, 7) is 0.716. The molecule has 0 spiro atoms. The van der Waals surface area contributed by atoms with Gasteiger partial charge in [-0.15, -0.1) is 0 Å². The molecule has 1 aliphatic carbocycles. The summed E-state index contributed by atoms with van der Waals surface area (Å²) >= 11 is 3.45. The van der Waals surface area contributed by atoms with Gasteiger partial charge >= 0.3 is 0 Å². The number of nitrogens with one attached hydrogen (secondary N) is 1. The normalized spacial score (nSPS) is 17.9. The molecule has 1 aromatic heterocycles. The van der Waals surface area contributed by atoms with Crippen LogP contribution >= 0.6 is 15.9 Å². The lowest BCUT2D eigenvalue weighted by Crippen LogP contribution is -2.29. The summed E-state index contributed by atoms with van der Waals surface area (Å²) < 4.78 is 14.1. The number of carbonyl (C=O) groups is 1. The van der Waals surface area contributed by atoms with E-state index in [2.05, 4.69) is 38.3 Å². The number of carbonyl (C=O) groups excluding carboxylic acids is 1. The lowest BCUT2D eigenvalue weighted by molar-refractivity contribution is -0.131. The predicted molar refractivity (Wildman–Crippen MR) is 115 cm³/mol. The second kappa shape index (κ2) is 8.49. The van der Waals surface area contributed by atoms with E-state index in [1.807, 2.05) is 30.1 Å². The van der Waals surface area contributed by atoms with Crippen LogP contribution in [-0.2, 0) is 11.2 Å². The van der Waals surface area contributed by atoms with Crippen molar-refractivity contribution in [1.82, 2.24) is 15.1 Å². The van der Waals surface area contributed by atoms with Crippen molar-refractivity contribution >= 4 is 21.8 Å². The molecule has 1 N–H and O–H groups in total. The van der Waals surface area contributed by atoms with Gasteiger partial charge in [0.2, 0.25) is 5.91 Å². The molecule has 1 amide bonds. The second-order valence-electron chi connectivity index (χ2n) is 7.65. The highest BCUT2D eigenvalue weighted by Gasteiger charge is 2.44. The van der Waals surface area contributed by atoms with Gasteiger partial charge in [-0.2, -0.15) is 5.10 Å². The SMILES string of the molecule is CN(CCCc1cc(-c2ccc(F)cc2)n[nH]1)C(=O)C1CC1c1ccc(Br)cc1. The highest BCUT2D eigenvalue weighted by atomic mass is 79.9. The van der Waals surface area contributed by atoms with Crippen LogP contribution in [0.15, 0.2) is 59.1 Å². The van der Waals surface area contributed by atoms with Crippen molar-refractivity contribution in [2.24, 2.45) is 5.92 Å². The standard InChI is InChI=1S/C23H23BrFN3O/c1-28(23(29)21-14-20(21)15-4-8-17(24)9-5-15)12-2-3-19-13-22(27-26-19)16-6-10-18(25)11-7-16/h4-11,13,20-21H,2-3,12,14H2,1H3,(H,26,27). The maximum Gasteiger partial charge on any atom is 0.226 e. The molecule has 0 bridgehead atoms. The van der Waals surface area contributed by atoms with Crippen molar-refractivity contribution in [1.29, 1.82) is 0 Å². The number of aromatic amines is 1. The van der Waals surface area contributed by atoms with Gasteiger partial charge in [0.1, 0.15) is 5.82 Å². The van der Waals surface area contributed by atoms with E-state index < -0.39 is 0 Å². The maximum absolute atomic E-state index is 13.1. The summed E-state index contributed by atoms with van der Waals surface area (Å²) in [5.41, 5.74) is 3.95. The van der Waals surface area contributed by atoms with E-state index in [0.717, 1.165) is 40.7 Å². The van der Waals surface area contributed by atoms with Crippen LogP contribution in [-0.4, -0.2) is 34.6 Å². The van der Waals surface area contributed by atoms with Crippen molar-refractivity contribution < 1.29 is 9.18 Å². The second-order valence-corrected chi connectivity index (χ2v) is 8.56. The third-order valence-corrected chi connectivity index (χ3v) is 6.02. The Bertz CT molecular complexity index is 984. The lowest BCUT2D eigenvalue weighted by atomic mass is 10.1. The van der Waals surface area contributed by atoms with Gasteiger partial charge in [0.15, 0.2) is 0 Å². The maximum atomic E-state index is 13.1. The fraction of sp³-hybridized carbons (Fsp3) is 0.304. The van der Waals surface area contributed by atoms with Crippen molar-refractivity contribution in [3.63, 3.8) is 0 Å². The van der Waals surface area contributed by atoms with Gasteiger partial charge in [-0.3, -0.25) is 9.89 Å². The van der Waals surface area contributed by atoms with Gasteiger partial charge < -0.3 is 4.90 Å². The minimum absolute atomic E-state index is 0.110. The fourth-order valence-electron chi connectivity index (χ4n) is 3.70. The number of hydrogen-bond acceptors (Lipinski definition) is 2. The van der Waals surface area contributed by atoms with Crippen molar-refractivity contribution in [2.45, 2.75) is 25.2 Å². The lowest BCUT2D eigenvalue weighted by Gasteiger charge is -2.17. The number of nitrogens with zero attached hydrogens (tertiary/aromatic N) is 2. The van der Waals surface area contributed by atoms with Gasteiger partial charge in [-0.05, 0) is 73.2 Å². The van der Waals surface area contributed by atoms with Crippen LogP contribution in [0.25, 0.3) is 11.3 Å². The minimum Gasteiger partial charge on any atom is -0.345 e. The molecule has 1 heterocycles. The van der Waals surface area contributed by atoms with Gasteiger partial charge in [0, 0.05) is 35.2 Å². The Morgan fingerprint density at radius 2 is 1.93 bits per heavy atom. The molecule has 2 unspecified atom stereocenters. The third-order valence-electron chi connectivity index (χ3n) is 5.49. The van der Waals surface area contributed by atoms with Crippen LogP contribution in [0.4, 0.5) is 4.39 Å². The molecular weight excluding hydrogens is 433 g/mol. The summed E-state index contributed by atoms with van der Waals surface area (Å²) in [4.78, 5) is 14.5. The van der Waals surface area contributed by atoms with E-state index in [4.69, 9.17) is 0 Å². The highest BCUT2D eigenvalue weighted by molar-refractivity contribution is 9.10.